The van der Waals surface area contributed by atoms with E-state index in [4.69, 9.17) is 0 Å². The molecule has 0 aromatic heterocycles. The highest BCUT2D eigenvalue weighted by molar-refractivity contribution is 5.17. The third kappa shape index (κ3) is 2.60. The molecule has 0 radical (unpaired) electrons. The van der Waals surface area contributed by atoms with Crippen LogP contribution in [0.1, 0.15) is 18.4 Å². The summed E-state index contributed by atoms with van der Waals surface area (Å²) >= 11 is 0. The Morgan fingerprint density at radius 3 is 3.00 bits per heavy atom. The zero-order valence-corrected chi connectivity index (χ0v) is 9.75. The van der Waals surface area contributed by atoms with Gasteiger partial charge in [0.25, 0.3) is 0 Å². The van der Waals surface area contributed by atoms with Crippen LogP contribution in [0.3, 0.4) is 0 Å². The van der Waals surface area contributed by atoms with Crippen LogP contribution in [0.25, 0.3) is 0 Å². The average molecular weight is 222 g/mol. The number of benzene rings is 1. The van der Waals surface area contributed by atoms with Crippen molar-refractivity contribution < 1.29 is 4.39 Å². The lowest BCUT2D eigenvalue weighted by Gasteiger charge is -2.24. The Morgan fingerprint density at radius 1 is 1.44 bits per heavy atom. The lowest BCUT2D eigenvalue weighted by Crippen LogP contribution is -2.36. The quantitative estimate of drug-likeness (QED) is 0.838. The molecule has 1 fully saturated rings. The maximum atomic E-state index is 13.5. The zero-order valence-electron chi connectivity index (χ0n) is 9.75. The molecule has 0 amide bonds. The lowest BCUT2D eigenvalue weighted by molar-refractivity contribution is 0.239. The zero-order chi connectivity index (χ0) is 11.4. The number of likely N-dealkylation sites (tertiary alicyclic amines) is 1. The van der Waals surface area contributed by atoms with Gasteiger partial charge in [0.2, 0.25) is 0 Å². The number of halogens is 1. The normalized spacial score (nSPS) is 21.5. The molecule has 88 valence electrons. The number of nitrogens with one attached hydrogen (secondary N) is 1. The van der Waals surface area contributed by atoms with Gasteiger partial charge in [-0.25, -0.2) is 4.39 Å². The van der Waals surface area contributed by atoms with Crippen LogP contribution < -0.4 is 5.32 Å². The van der Waals surface area contributed by atoms with Gasteiger partial charge in [0.1, 0.15) is 5.82 Å². The third-order valence-corrected chi connectivity index (χ3v) is 3.27. The summed E-state index contributed by atoms with van der Waals surface area (Å²) < 4.78 is 13.5. The van der Waals surface area contributed by atoms with Crippen LogP contribution >= 0.6 is 0 Å². The Labute approximate surface area is 96.5 Å². The van der Waals surface area contributed by atoms with Crippen molar-refractivity contribution in [2.75, 3.05) is 20.1 Å². The molecule has 2 nitrogen and oxygen atoms in total. The lowest BCUT2D eigenvalue weighted by atomic mass is 10.1. The van der Waals surface area contributed by atoms with Crippen molar-refractivity contribution in [2.24, 2.45) is 0 Å². The first-order valence-electron chi connectivity index (χ1n) is 5.93. The van der Waals surface area contributed by atoms with E-state index >= 15 is 0 Å². The molecule has 1 aliphatic rings. The van der Waals surface area contributed by atoms with Crippen molar-refractivity contribution in [3.8, 4) is 0 Å². The Morgan fingerprint density at radius 2 is 2.25 bits per heavy atom. The molecule has 0 spiro atoms. The first-order chi connectivity index (χ1) is 7.81. The van der Waals surface area contributed by atoms with Crippen LogP contribution in [-0.4, -0.2) is 31.1 Å². The van der Waals surface area contributed by atoms with Crippen LogP contribution in [0, 0.1) is 5.82 Å². The standard InChI is InChI=1S/C13H19FN2/c1-15-9-12-6-4-8-16(12)10-11-5-2-3-7-13(11)14/h2-3,5,7,12,15H,4,6,8-10H2,1H3. The Kier molecular flexibility index (Phi) is 3.91. The Balaban J connectivity index is 2.01. The number of hydrogen-bond donors (Lipinski definition) is 1. The fraction of sp³-hybridized carbons (Fsp3) is 0.538. The highest BCUT2D eigenvalue weighted by atomic mass is 19.1. The van der Waals surface area contributed by atoms with E-state index in [1.54, 1.807) is 12.1 Å². The molecule has 1 saturated heterocycles. The fourth-order valence-corrected chi connectivity index (χ4v) is 2.42. The van der Waals surface area contributed by atoms with Crippen LogP contribution in [0.15, 0.2) is 24.3 Å². The number of nitrogens with zero attached hydrogens (tertiary/aromatic N) is 1. The van der Waals surface area contributed by atoms with E-state index in [9.17, 15) is 4.39 Å². The van der Waals surface area contributed by atoms with Gasteiger partial charge in [-0.15, -0.1) is 0 Å². The minimum atomic E-state index is -0.0855. The van der Waals surface area contributed by atoms with Crippen molar-refractivity contribution in [2.45, 2.75) is 25.4 Å². The molecule has 0 aliphatic carbocycles. The summed E-state index contributed by atoms with van der Waals surface area (Å²) in [7, 11) is 1.97. The summed E-state index contributed by atoms with van der Waals surface area (Å²) in [5.41, 5.74) is 0.811. The molecule has 0 saturated carbocycles. The molecule has 1 unspecified atom stereocenters. The largest absolute Gasteiger partial charge is 0.318 e. The predicted molar refractivity (Wildman–Crippen MR) is 63.8 cm³/mol. The molecule has 3 heteroatoms. The van der Waals surface area contributed by atoms with E-state index in [0.717, 1.165) is 25.2 Å². The second-order valence-electron chi connectivity index (χ2n) is 4.42. The molecular weight excluding hydrogens is 203 g/mol. The van der Waals surface area contributed by atoms with Crippen molar-refractivity contribution >= 4 is 0 Å². The summed E-state index contributed by atoms with van der Waals surface area (Å²) in [6, 6.07) is 7.63. The van der Waals surface area contributed by atoms with E-state index in [0.29, 0.717) is 6.04 Å². The van der Waals surface area contributed by atoms with Gasteiger partial charge in [-0.2, -0.15) is 0 Å². The van der Waals surface area contributed by atoms with E-state index in [1.807, 2.05) is 19.2 Å². The molecule has 16 heavy (non-hydrogen) atoms. The van der Waals surface area contributed by atoms with E-state index in [-0.39, 0.29) is 5.82 Å². The summed E-state index contributed by atoms with van der Waals surface area (Å²) in [6.07, 6.45) is 2.44. The maximum absolute atomic E-state index is 13.5. The van der Waals surface area contributed by atoms with E-state index in [2.05, 4.69) is 10.2 Å². The monoisotopic (exact) mass is 222 g/mol. The molecule has 1 aromatic carbocycles. The molecule has 1 heterocycles. The van der Waals surface area contributed by atoms with Gasteiger partial charge >= 0.3 is 0 Å². The third-order valence-electron chi connectivity index (χ3n) is 3.27. The summed E-state index contributed by atoms with van der Waals surface area (Å²) in [4.78, 5) is 2.37. The van der Waals surface area contributed by atoms with Crippen LogP contribution in [0.4, 0.5) is 4.39 Å². The second kappa shape index (κ2) is 5.41. The molecule has 2 rings (SSSR count). The molecule has 0 bridgehead atoms. The van der Waals surface area contributed by atoms with E-state index < -0.39 is 0 Å². The van der Waals surface area contributed by atoms with Crippen LogP contribution in [0.2, 0.25) is 0 Å². The van der Waals surface area contributed by atoms with Crippen molar-refractivity contribution in [3.05, 3.63) is 35.6 Å². The van der Waals surface area contributed by atoms with Gasteiger partial charge in [-0.05, 0) is 32.5 Å². The van der Waals surface area contributed by atoms with E-state index in [1.165, 1.54) is 12.8 Å². The fourth-order valence-electron chi connectivity index (χ4n) is 2.42. The SMILES string of the molecule is CNCC1CCCN1Cc1ccccc1F. The van der Waals surface area contributed by atoms with Gasteiger partial charge in [0, 0.05) is 24.7 Å². The van der Waals surface area contributed by atoms with Gasteiger partial charge < -0.3 is 5.32 Å². The minimum Gasteiger partial charge on any atom is -0.318 e. The molecule has 1 aliphatic heterocycles. The number of likely N-dealkylation sites (N-methyl/N-ethyl adjacent to an activating group) is 1. The Hall–Kier alpha value is -0.930. The highest BCUT2D eigenvalue weighted by Crippen LogP contribution is 2.20. The average Bonchev–Trinajstić information content (AvgIpc) is 2.70. The summed E-state index contributed by atoms with van der Waals surface area (Å²) in [6.45, 7) is 2.81. The molecule has 1 atom stereocenters. The summed E-state index contributed by atoms with van der Waals surface area (Å²) in [5.74, 6) is -0.0855. The number of rotatable bonds is 4. The second-order valence-corrected chi connectivity index (χ2v) is 4.42. The van der Waals surface area contributed by atoms with Gasteiger partial charge in [0.05, 0.1) is 0 Å². The smallest absolute Gasteiger partial charge is 0.127 e. The molecule has 1 N–H and O–H groups in total. The van der Waals surface area contributed by atoms with Crippen molar-refractivity contribution in [3.63, 3.8) is 0 Å². The Bertz CT molecular complexity index is 340. The van der Waals surface area contributed by atoms with Crippen molar-refractivity contribution in [1.82, 2.24) is 10.2 Å². The van der Waals surface area contributed by atoms with Gasteiger partial charge in [-0.3, -0.25) is 4.90 Å². The maximum Gasteiger partial charge on any atom is 0.127 e. The van der Waals surface area contributed by atoms with Gasteiger partial charge in [0.15, 0.2) is 0 Å². The molecular formula is C13H19FN2. The van der Waals surface area contributed by atoms with Crippen LogP contribution in [0.5, 0.6) is 0 Å². The summed E-state index contributed by atoms with van der Waals surface area (Å²) in [5, 5.41) is 3.20. The molecule has 1 aromatic rings. The first kappa shape index (κ1) is 11.6. The van der Waals surface area contributed by atoms with Crippen LogP contribution in [-0.2, 0) is 6.54 Å². The highest BCUT2D eigenvalue weighted by Gasteiger charge is 2.24. The first-order valence-corrected chi connectivity index (χ1v) is 5.93. The number of hydrogen-bond acceptors (Lipinski definition) is 2. The minimum absolute atomic E-state index is 0.0855. The van der Waals surface area contributed by atoms with Crippen molar-refractivity contribution in [1.29, 1.82) is 0 Å². The topological polar surface area (TPSA) is 15.3 Å². The predicted octanol–water partition coefficient (Wildman–Crippen LogP) is 2.01. The van der Waals surface area contributed by atoms with Gasteiger partial charge in [-0.1, -0.05) is 18.2 Å².